The predicted octanol–water partition coefficient (Wildman–Crippen LogP) is 1.69. The average Bonchev–Trinajstić information content (AvgIpc) is 3.03. The third-order valence-electron chi connectivity index (χ3n) is 4.30. The molecule has 1 aromatic heterocycles. The molecule has 2 saturated heterocycles. The number of hydrogen-bond acceptors (Lipinski definition) is 4. The molecule has 3 rings (SSSR count). The SMILES string of the molecule is O=C(O)c1coc(CNC2CCN3CCCCC23)c1. The molecular weight excluding hydrogens is 244 g/mol. The molecule has 104 valence electrons. The van der Waals surface area contributed by atoms with Crippen LogP contribution in [0.3, 0.4) is 0 Å². The van der Waals surface area contributed by atoms with Crippen molar-refractivity contribution in [1.29, 1.82) is 0 Å². The number of rotatable bonds is 4. The largest absolute Gasteiger partial charge is 0.478 e. The van der Waals surface area contributed by atoms with Crippen LogP contribution in [0.1, 0.15) is 41.8 Å². The van der Waals surface area contributed by atoms with E-state index in [1.165, 1.54) is 45.0 Å². The fourth-order valence-corrected chi connectivity index (χ4v) is 3.30. The highest BCUT2D eigenvalue weighted by atomic mass is 16.4. The lowest BCUT2D eigenvalue weighted by molar-refractivity contribution is 0.0696. The van der Waals surface area contributed by atoms with Crippen molar-refractivity contribution in [3.8, 4) is 0 Å². The van der Waals surface area contributed by atoms with Crippen LogP contribution in [-0.4, -0.2) is 41.1 Å². The Kier molecular flexibility index (Phi) is 3.57. The number of hydrogen-bond donors (Lipinski definition) is 2. The third-order valence-corrected chi connectivity index (χ3v) is 4.30. The van der Waals surface area contributed by atoms with Gasteiger partial charge in [-0.05, 0) is 31.9 Å². The maximum Gasteiger partial charge on any atom is 0.338 e. The number of carbonyl (C=O) groups is 1. The van der Waals surface area contributed by atoms with Gasteiger partial charge in [0.25, 0.3) is 0 Å². The molecule has 0 aliphatic carbocycles. The second-order valence-corrected chi connectivity index (χ2v) is 5.48. The van der Waals surface area contributed by atoms with E-state index >= 15 is 0 Å². The molecule has 2 unspecified atom stereocenters. The van der Waals surface area contributed by atoms with E-state index in [2.05, 4.69) is 10.2 Å². The topological polar surface area (TPSA) is 65.7 Å². The van der Waals surface area contributed by atoms with Crippen molar-refractivity contribution >= 4 is 5.97 Å². The van der Waals surface area contributed by atoms with Gasteiger partial charge < -0.3 is 14.8 Å². The van der Waals surface area contributed by atoms with Crippen LogP contribution in [0.5, 0.6) is 0 Å². The van der Waals surface area contributed by atoms with Crippen LogP contribution in [0.15, 0.2) is 16.7 Å². The summed E-state index contributed by atoms with van der Waals surface area (Å²) in [7, 11) is 0. The minimum atomic E-state index is -0.936. The molecule has 1 aromatic rings. The van der Waals surface area contributed by atoms with Gasteiger partial charge in [-0.2, -0.15) is 0 Å². The maximum atomic E-state index is 10.8. The Morgan fingerprint density at radius 3 is 3.11 bits per heavy atom. The molecule has 2 N–H and O–H groups in total. The van der Waals surface area contributed by atoms with E-state index in [9.17, 15) is 4.79 Å². The summed E-state index contributed by atoms with van der Waals surface area (Å²) in [5, 5.41) is 12.4. The van der Waals surface area contributed by atoms with Crippen molar-refractivity contribution in [3.05, 3.63) is 23.7 Å². The lowest BCUT2D eigenvalue weighted by Gasteiger charge is -2.32. The van der Waals surface area contributed by atoms with E-state index in [4.69, 9.17) is 9.52 Å². The third kappa shape index (κ3) is 2.67. The summed E-state index contributed by atoms with van der Waals surface area (Å²) in [6, 6.07) is 2.77. The molecule has 2 aliphatic rings. The van der Waals surface area contributed by atoms with Gasteiger partial charge >= 0.3 is 5.97 Å². The Hall–Kier alpha value is -1.33. The highest BCUT2D eigenvalue weighted by molar-refractivity contribution is 5.87. The first kappa shape index (κ1) is 12.7. The van der Waals surface area contributed by atoms with Crippen molar-refractivity contribution in [2.24, 2.45) is 0 Å². The van der Waals surface area contributed by atoms with Gasteiger partial charge in [0.15, 0.2) is 0 Å². The molecular formula is C14H20N2O3. The Morgan fingerprint density at radius 1 is 1.42 bits per heavy atom. The Labute approximate surface area is 112 Å². The fraction of sp³-hybridized carbons (Fsp3) is 0.643. The zero-order chi connectivity index (χ0) is 13.2. The Balaban J connectivity index is 1.55. The molecule has 19 heavy (non-hydrogen) atoms. The van der Waals surface area contributed by atoms with Gasteiger partial charge in [-0.15, -0.1) is 0 Å². The fourth-order valence-electron chi connectivity index (χ4n) is 3.30. The number of piperidine rings is 1. The summed E-state index contributed by atoms with van der Waals surface area (Å²) >= 11 is 0. The highest BCUT2D eigenvalue weighted by Crippen LogP contribution is 2.27. The molecule has 2 aliphatic heterocycles. The summed E-state index contributed by atoms with van der Waals surface area (Å²) in [5.41, 5.74) is 0.225. The number of nitrogens with one attached hydrogen (secondary N) is 1. The van der Waals surface area contributed by atoms with Crippen molar-refractivity contribution in [3.63, 3.8) is 0 Å². The van der Waals surface area contributed by atoms with E-state index in [1.807, 2.05) is 0 Å². The summed E-state index contributed by atoms with van der Waals surface area (Å²) in [6.07, 6.45) is 6.40. The molecule has 0 aromatic carbocycles. The monoisotopic (exact) mass is 264 g/mol. The molecule has 0 amide bonds. The molecule has 0 saturated carbocycles. The van der Waals surface area contributed by atoms with Crippen molar-refractivity contribution in [1.82, 2.24) is 10.2 Å². The van der Waals surface area contributed by atoms with Gasteiger partial charge in [-0.25, -0.2) is 4.79 Å². The quantitative estimate of drug-likeness (QED) is 0.866. The molecule has 0 spiro atoms. The van der Waals surface area contributed by atoms with E-state index in [0.717, 1.165) is 0 Å². The highest BCUT2D eigenvalue weighted by Gasteiger charge is 2.35. The zero-order valence-electron chi connectivity index (χ0n) is 11.0. The molecule has 5 nitrogen and oxygen atoms in total. The van der Waals surface area contributed by atoms with Crippen molar-refractivity contribution < 1.29 is 14.3 Å². The molecule has 0 radical (unpaired) electrons. The van der Waals surface area contributed by atoms with Crippen LogP contribution in [0.25, 0.3) is 0 Å². The summed E-state index contributed by atoms with van der Waals surface area (Å²) in [5.74, 6) is -0.235. The minimum absolute atomic E-state index is 0.225. The first-order valence-electron chi connectivity index (χ1n) is 7.02. The lowest BCUT2D eigenvalue weighted by Crippen LogP contribution is -2.44. The van der Waals surface area contributed by atoms with Gasteiger partial charge in [0.05, 0.1) is 12.1 Å². The van der Waals surface area contributed by atoms with E-state index in [0.29, 0.717) is 24.4 Å². The molecule has 2 fully saturated rings. The molecule has 3 heterocycles. The second-order valence-electron chi connectivity index (χ2n) is 5.48. The number of aromatic carboxylic acids is 1. The number of carboxylic acids is 1. The van der Waals surface area contributed by atoms with Crippen LogP contribution >= 0.6 is 0 Å². The minimum Gasteiger partial charge on any atom is -0.478 e. The van der Waals surface area contributed by atoms with E-state index in [-0.39, 0.29) is 5.56 Å². The second kappa shape index (κ2) is 5.35. The van der Waals surface area contributed by atoms with Crippen molar-refractivity contribution in [2.45, 2.75) is 44.3 Å². The number of furan rings is 1. The maximum absolute atomic E-state index is 10.8. The van der Waals surface area contributed by atoms with Gasteiger partial charge in [0, 0.05) is 18.6 Å². The average molecular weight is 264 g/mol. The van der Waals surface area contributed by atoms with Crippen LogP contribution in [0.2, 0.25) is 0 Å². The summed E-state index contributed by atoms with van der Waals surface area (Å²) < 4.78 is 5.26. The number of fused-ring (bicyclic) bond motifs is 1. The Bertz CT molecular complexity index is 457. The summed E-state index contributed by atoms with van der Waals surface area (Å²) in [4.78, 5) is 13.4. The zero-order valence-corrected chi connectivity index (χ0v) is 11.0. The molecule has 0 bridgehead atoms. The van der Waals surface area contributed by atoms with Crippen LogP contribution < -0.4 is 5.32 Å². The number of nitrogens with zero attached hydrogens (tertiary/aromatic N) is 1. The first-order chi connectivity index (χ1) is 9.24. The van der Waals surface area contributed by atoms with E-state index in [1.54, 1.807) is 6.07 Å². The van der Waals surface area contributed by atoms with E-state index < -0.39 is 5.97 Å². The standard InChI is InChI=1S/C14H20N2O3/c17-14(18)10-7-11(19-9-10)8-15-12-4-6-16-5-2-1-3-13(12)16/h7,9,12-13,15H,1-6,8H2,(H,17,18). The van der Waals surface area contributed by atoms with Gasteiger partial charge in [-0.1, -0.05) is 6.42 Å². The Morgan fingerprint density at radius 2 is 2.32 bits per heavy atom. The summed E-state index contributed by atoms with van der Waals surface area (Å²) in [6.45, 7) is 3.02. The van der Waals surface area contributed by atoms with Crippen LogP contribution in [-0.2, 0) is 6.54 Å². The van der Waals surface area contributed by atoms with Crippen LogP contribution in [0.4, 0.5) is 0 Å². The van der Waals surface area contributed by atoms with Gasteiger partial charge in [0.1, 0.15) is 12.0 Å². The van der Waals surface area contributed by atoms with Crippen LogP contribution in [0, 0.1) is 0 Å². The predicted molar refractivity (Wildman–Crippen MR) is 70.1 cm³/mol. The lowest BCUT2D eigenvalue weighted by atomic mass is 9.99. The van der Waals surface area contributed by atoms with Crippen molar-refractivity contribution in [2.75, 3.05) is 13.1 Å². The normalized spacial score (nSPS) is 27.4. The number of carboxylic acid groups (broad SMARTS) is 1. The molecule has 2 atom stereocenters. The smallest absolute Gasteiger partial charge is 0.338 e. The van der Waals surface area contributed by atoms with Gasteiger partial charge in [-0.3, -0.25) is 4.90 Å². The van der Waals surface area contributed by atoms with Gasteiger partial charge in [0.2, 0.25) is 0 Å². The molecule has 5 heteroatoms. The first-order valence-corrected chi connectivity index (χ1v) is 7.02.